The molecule has 3 nitrogen and oxygen atoms in total. The van der Waals surface area contributed by atoms with Crippen LogP contribution >= 0.6 is 0 Å². The molecule has 1 aliphatic carbocycles. The molecule has 2 rings (SSSR count). The number of aromatic amines is 1. The van der Waals surface area contributed by atoms with Gasteiger partial charge in [0.2, 0.25) is 0 Å². The molecule has 1 aromatic rings. The minimum Gasteiger partial charge on any atom is -0.390 e. The average Bonchev–Trinajstić information content (AvgIpc) is 2.76. The van der Waals surface area contributed by atoms with E-state index in [9.17, 15) is 0 Å². The molecule has 1 fully saturated rings. The topological polar surface area (TPSA) is 48.9 Å². The highest BCUT2D eigenvalue weighted by atomic mass is 16.3. The van der Waals surface area contributed by atoms with Crippen molar-refractivity contribution in [3.05, 3.63) is 17.7 Å². The summed E-state index contributed by atoms with van der Waals surface area (Å²) >= 11 is 0. The lowest BCUT2D eigenvalue weighted by atomic mass is 9.70. The predicted octanol–water partition coefficient (Wildman–Crippen LogP) is 3.22. The lowest BCUT2D eigenvalue weighted by Crippen LogP contribution is -2.25. The maximum atomic E-state index is 9.03. The van der Waals surface area contributed by atoms with Crippen LogP contribution < -0.4 is 0 Å². The van der Waals surface area contributed by atoms with Gasteiger partial charge in [0.05, 0.1) is 18.5 Å². The smallest absolute Gasteiger partial charge is 0.109 e. The second kappa shape index (κ2) is 4.81. The van der Waals surface area contributed by atoms with Gasteiger partial charge in [-0.15, -0.1) is 0 Å². The Hall–Kier alpha value is -0.830. The maximum absolute atomic E-state index is 9.03. The largest absolute Gasteiger partial charge is 0.390 e. The van der Waals surface area contributed by atoms with Crippen molar-refractivity contribution < 1.29 is 5.11 Å². The van der Waals surface area contributed by atoms with E-state index < -0.39 is 0 Å². The number of H-pyrrole nitrogens is 1. The molecule has 0 atom stereocenters. The van der Waals surface area contributed by atoms with Crippen LogP contribution in [-0.4, -0.2) is 15.1 Å². The lowest BCUT2D eigenvalue weighted by molar-refractivity contribution is 0.167. The summed E-state index contributed by atoms with van der Waals surface area (Å²) < 4.78 is 0. The van der Waals surface area contributed by atoms with Crippen molar-refractivity contribution >= 4 is 0 Å². The quantitative estimate of drug-likeness (QED) is 0.828. The number of imidazole rings is 1. The number of aromatic nitrogens is 2. The van der Waals surface area contributed by atoms with E-state index in [2.05, 4.69) is 30.7 Å². The molecule has 0 amide bonds. The Bertz CT molecular complexity index is 357. The Kier molecular flexibility index (Phi) is 3.57. The van der Waals surface area contributed by atoms with Gasteiger partial charge >= 0.3 is 0 Å². The van der Waals surface area contributed by atoms with Crippen molar-refractivity contribution in [2.45, 2.75) is 59.0 Å². The van der Waals surface area contributed by atoms with E-state index >= 15 is 0 Å². The van der Waals surface area contributed by atoms with Crippen LogP contribution in [0.4, 0.5) is 0 Å². The fraction of sp³-hybridized carbons (Fsp3) is 0.786. The third kappa shape index (κ3) is 2.89. The predicted molar refractivity (Wildman–Crippen MR) is 68.7 cm³/mol. The van der Waals surface area contributed by atoms with Gasteiger partial charge in [-0.3, -0.25) is 0 Å². The molecule has 96 valence electrons. The van der Waals surface area contributed by atoms with Crippen LogP contribution in [0, 0.1) is 11.3 Å². The molecular formula is C14H24N2O. The zero-order valence-corrected chi connectivity index (χ0v) is 11.2. The van der Waals surface area contributed by atoms with Gasteiger partial charge in [0.1, 0.15) is 5.82 Å². The van der Waals surface area contributed by atoms with E-state index in [0.717, 1.165) is 17.4 Å². The molecule has 1 heterocycles. The summed E-state index contributed by atoms with van der Waals surface area (Å²) in [4.78, 5) is 7.61. The first-order valence-corrected chi connectivity index (χ1v) is 6.65. The van der Waals surface area contributed by atoms with Crippen LogP contribution in [-0.2, 0) is 6.61 Å². The number of hydrogen-bond acceptors (Lipinski definition) is 2. The first-order chi connectivity index (χ1) is 8.00. The number of nitrogens with zero attached hydrogens (tertiary/aromatic N) is 1. The molecule has 0 aromatic carbocycles. The summed E-state index contributed by atoms with van der Waals surface area (Å²) in [5.41, 5.74) is 1.27. The SMILES string of the molecule is CC(C)(C)C1CCC(c2ncc(CO)[nH]2)CC1. The number of rotatable bonds is 2. The molecule has 0 spiro atoms. The Morgan fingerprint density at radius 1 is 1.29 bits per heavy atom. The van der Waals surface area contributed by atoms with Gasteiger partial charge in [-0.05, 0) is 37.0 Å². The van der Waals surface area contributed by atoms with E-state index in [1.165, 1.54) is 25.7 Å². The van der Waals surface area contributed by atoms with Crippen molar-refractivity contribution in [1.82, 2.24) is 9.97 Å². The van der Waals surface area contributed by atoms with Gasteiger partial charge in [-0.1, -0.05) is 20.8 Å². The summed E-state index contributed by atoms with van der Waals surface area (Å²) in [7, 11) is 0. The highest BCUT2D eigenvalue weighted by Crippen LogP contribution is 2.42. The van der Waals surface area contributed by atoms with E-state index in [4.69, 9.17) is 5.11 Å². The third-order valence-electron chi connectivity index (χ3n) is 4.16. The van der Waals surface area contributed by atoms with Crippen LogP contribution in [0.1, 0.15) is 63.9 Å². The molecule has 17 heavy (non-hydrogen) atoms. The summed E-state index contributed by atoms with van der Waals surface area (Å²) in [6.07, 6.45) is 6.79. The number of aliphatic hydroxyl groups excluding tert-OH is 1. The molecule has 0 bridgehead atoms. The summed E-state index contributed by atoms with van der Waals surface area (Å²) in [6.45, 7) is 7.09. The standard InChI is InChI=1S/C14H24N2O/c1-14(2,3)11-6-4-10(5-7-11)13-15-8-12(9-17)16-13/h8,10-11,17H,4-7,9H2,1-3H3,(H,15,16). The van der Waals surface area contributed by atoms with Crippen LogP contribution in [0.5, 0.6) is 0 Å². The molecule has 2 N–H and O–H groups in total. The van der Waals surface area contributed by atoms with Crippen molar-refractivity contribution in [2.24, 2.45) is 11.3 Å². The van der Waals surface area contributed by atoms with Gasteiger partial charge in [0.15, 0.2) is 0 Å². The molecule has 0 radical (unpaired) electrons. The maximum Gasteiger partial charge on any atom is 0.109 e. The molecule has 3 heteroatoms. The second-order valence-electron chi connectivity index (χ2n) is 6.37. The van der Waals surface area contributed by atoms with Gasteiger partial charge in [-0.2, -0.15) is 0 Å². The lowest BCUT2D eigenvalue weighted by Gasteiger charge is -2.36. The normalized spacial score (nSPS) is 26.1. The van der Waals surface area contributed by atoms with Crippen molar-refractivity contribution in [2.75, 3.05) is 0 Å². The van der Waals surface area contributed by atoms with Gasteiger partial charge < -0.3 is 10.1 Å². The van der Waals surface area contributed by atoms with Crippen LogP contribution in [0.15, 0.2) is 6.20 Å². The van der Waals surface area contributed by atoms with E-state index in [1.54, 1.807) is 6.20 Å². The van der Waals surface area contributed by atoms with Crippen LogP contribution in [0.3, 0.4) is 0 Å². The highest BCUT2D eigenvalue weighted by molar-refractivity contribution is 5.06. The Morgan fingerprint density at radius 2 is 1.94 bits per heavy atom. The number of hydrogen-bond donors (Lipinski definition) is 2. The fourth-order valence-corrected chi connectivity index (χ4v) is 2.90. The van der Waals surface area contributed by atoms with Gasteiger partial charge in [-0.25, -0.2) is 4.98 Å². The fourth-order valence-electron chi connectivity index (χ4n) is 2.90. The summed E-state index contributed by atoms with van der Waals surface area (Å²) in [5, 5.41) is 9.03. The average molecular weight is 236 g/mol. The molecule has 1 saturated carbocycles. The Morgan fingerprint density at radius 3 is 2.41 bits per heavy atom. The van der Waals surface area contributed by atoms with E-state index in [1.807, 2.05) is 0 Å². The molecule has 1 aromatic heterocycles. The highest BCUT2D eigenvalue weighted by Gasteiger charge is 2.31. The number of nitrogens with one attached hydrogen (secondary N) is 1. The van der Waals surface area contributed by atoms with E-state index in [0.29, 0.717) is 11.3 Å². The van der Waals surface area contributed by atoms with Gasteiger partial charge in [0, 0.05) is 5.92 Å². The molecule has 0 saturated heterocycles. The third-order valence-corrected chi connectivity index (χ3v) is 4.16. The Labute approximate surface area is 104 Å². The van der Waals surface area contributed by atoms with Crippen molar-refractivity contribution in [3.63, 3.8) is 0 Å². The van der Waals surface area contributed by atoms with Crippen LogP contribution in [0.2, 0.25) is 0 Å². The first kappa shape index (κ1) is 12.6. The molecule has 1 aliphatic rings. The van der Waals surface area contributed by atoms with Crippen LogP contribution in [0.25, 0.3) is 0 Å². The Balaban J connectivity index is 1.95. The summed E-state index contributed by atoms with van der Waals surface area (Å²) in [5.74, 6) is 2.47. The minimum absolute atomic E-state index is 0.0599. The molecular weight excluding hydrogens is 212 g/mol. The van der Waals surface area contributed by atoms with Crippen molar-refractivity contribution in [3.8, 4) is 0 Å². The monoisotopic (exact) mass is 236 g/mol. The second-order valence-corrected chi connectivity index (χ2v) is 6.37. The molecule has 0 aliphatic heterocycles. The zero-order valence-electron chi connectivity index (χ0n) is 11.2. The number of aliphatic hydroxyl groups is 1. The van der Waals surface area contributed by atoms with E-state index in [-0.39, 0.29) is 6.61 Å². The van der Waals surface area contributed by atoms with Crippen molar-refractivity contribution in [1.29, 1.82) is 0 Å². The van der Waals surface area contributed by atoms with Gasteiger partial charge in [0.25, 0.3) is 0 Å². The summed E-state index contributed by atoms with van der Waals surface area (Å²) in [6, 6.07) is 0. The minimum atomic E-state index is 0.0599. The zero-order chi connectivity index (χ0) is 12.5. The molecule has 0 unspecified atom stereocenters. The first-order valence-electron chi connectivity index (χ1n) is 6.65.